The average Bonchev–Trinajstić information content (AvgIpc) is 2.77. The number of amides is 2. The summed E-state index contributed by atoms with van der Waals surface area (Å²) < 4.78 is 44.7. The van der Waals surface area contributed by atoms with Crippen LogP contribution in [0.25, 0.3) is 0 Å². The Bertz CT molecular complexity index is 956. The molecule has 0 saturated heterocycles. The van der Waals surface area contributed by atoms with E-state index in [9.17, 15) is 18.0 Å². The summed E-state index contributed by atoms with van der Waals surface area (Å²) >= 11 is 0. The first kappa shape index (κ1) is 23.1. The maximum absolute atomic E-state index is 12.9. The van der Waals surface area contributed by atoms with Crippen molar-refractivity contribution in [3.05, 3.63) is 65.7 Å². The van der Waals surface area contributed by atoms with E-state index in [1.807, 2.05) is 30.3 Å². The van der Waals surface area contributed by atoms with Crippen LogP contribution < -0.4 is 15.4 Å². The van der Waals surface area contributed by atoms with Gasteiger partial charge in [-0.25, -0.2) is 4.79 Å². The van der Waals surface area contributed by atoms with Gasteiger partial charge < -0.3 is 15.4 Å². The van der Waals surface area contributed by atoms with Crippen LogP contribution in [0.15, 0.2) is 54.6 Å². The molecule has 4 nitrogen and oxygen atoms in total. The van der Waals surface area contributed by atoms with Crippen molar-refractivity contribution in [1.82, 2.24) is 10.6 Å². The first-order chi connectivity index (χ1) is 16.3. The lowest BCUT2D eigenvalue weighted by atomic mass is 9.53. The number of carbonyl (C=O) groups is 1. The number of benzene rings is 2. The minimum atomic E-state index is -4.38. The van der Waals surface area contributed by atoms with E-state index in [1.165, 1.54) is 31.4 Å². The third-order valence-corrected chi connectivity index (χ3v) is 7.74. The Hall–Kier alpha value is -2.70. The van der Waals surface area contributed by atoms with Gasteiger partial charge >= 0.3 is 12.2 Å². The molecular weight excluding hydrogens is 441 g/mol. The summed E-state index contributed by atoms with van der Waals surface area (Å²) in [6.07, 6.45) is 2.97. The van der Waals surface area contributed by atoms with E-state index < -0.39 is 17.8 Å². The Morgan fingerprint density at radius 1 is 0.941 bits per heavy atom. The van der Waals surface area contributed by atoms with Gasteiger partial charge in [-0.1, -0.05) is 30.3 Å². The van der Waals surface area contributed by atoms with Crippen LogP contribution in [0.3, 0.4) is 0 Å². The SMILES string of the molecule is O=C(NCCC(Oc1ccc(C(F)(F)F)cc1)c1ccccc1)NC12CC3CC(CC(C3)C1)C2. The van der Waals surface area contributed by atoms with Gasteiger partial charge in [-0.2, -0.15) is 13.2 Å². The van der Waals surface area contributed by atoms with E-state index in [4.69, 9.17) is 4.74 Å². The predicted octanol–water partition coefficient (Wildman–Crippen LogP) is 6.48. The smallest absolute Gasteiger partial charge is 0.416 e. The number of alkyl halides is 3. The Balaban J connectivity index is 1.18. The van der Waals surface area contributed by atoms with Crippen LogP contribution >= 0.6 is 0 Å². The second-order valence-corrected chi connectivity index (χ2v) is 10.4. The minimum Gasteiger partial charge on any atom is -0.486 e. The van der Waals surface area contributed by atoms with Crippen molar-refractivity contribution < 1.29 is 22.7 Å². The number of carbonyl (C=O) groups excluding carboxylic acids is 1. The van der Waals surface area contributed by atoms with E-state index in [0.29, 0.717) is 18.7 Å². The highest BCUT2D eigenvalue weighted by Crippen LogP contribution is 2.55. The molecule has 2 N–H and O–H groups in total. The van der Waals surface area contributed by atoms with E-state index in [2.05, 4.69) is 10.6 Å². The molecule has 2 aromatic rings. The minimum absolute atomic E-state index is 0.0472. The first-order valence-electron chi connectivity index (χ1n) is 12.2. The van der Waals surface area contributed by atoms with Gasteiger partial charge in [0.2, 0.25) is 0 Å². The van der Waals surface area contributed by atoms with Crippen molar-refractivity contribution >= 4 is 6.03 Å². The molecule has 0 heterocycles. The summed E-state index contributed by atoms with van der Waals surface area (Å²) in [7, 11) is 0. The van der Waals surface area contributed by atoms with E-state index in [-0.39, 0.29) is 11.6 Å². The number of hydrogen-bond donors (Lipinski definition) is 2. The molecule has 1 atom stereocenters. The molecular formula is C27H31F3N2O2. The molecule has 2 aromatic carbocycles. The highest BCUT2D eigenvalue weighted by Gasteiger charge is 2.51. The molecule has 0 spiro atoms. The monoisotopic (exact) mass is 472 g/mol. The summed E-state index contributed by atoms with van der Waals surface area (Å²) in [5, 5.41) is 6.30. The zero-order valence-corrected chi connectivity index (χ0v) is 19.1. The molecule has 4 aliphatic rings. The fourth-order valence-corrected chi connectivity index (χ4v) is 6.71. The van der Waals surface area contributed by atoms with Crippen molar-refractivity contribution in [3.63, 3.8) is 0 Å². The molecule has 4 saturated carbocycles. The van der Waals surface area contributed by atoms with Crippen molar-refractivity contribution in [1.29, 1.82) is 0 Å². The summed E-state index contributed by atoms with van der Waals surface area (Å²) in [4.78, 5) is 12.8. The third-order valence-electron chi connectivity index (χ3n) is 7.74. The lowest BCUT2D eigenvalue weighted by molar-refractivity contribution is -0.137. The summed E-state index contributed by atoms with van der Waals surface area (Å²) in [6.45, 7) is 0.401. The van der Waals surface area contributed by atoms with Crippen molar-refractivity contribution in [2.45, 2.75) is 62.8 Å². The third kappa shape index (κ3) is 5.18. The van der Waals surface area contributed by atoms with Crippen LogP contribution in [0.4, 0.5) is 18.0 Å². The lowest BCUT2D eigenvalue weighted by Crippen LogP contribution is -2.61. The number of nitrogens with one attached hydrogen (secondary N) is 2. The summed E-state index contributed by atoms with van der Waals surface area (Å²) in [5.41, 5.74) is 0.152. The first-order valence-corrected chi connectivity index (χ1v) is 12.2. The van der Waals surface area contributed by atoms with E-state index in [0.717, 1.165) is 54.7 Å². The molecule has 7 heteroatoms. The fourth-order valence-electron chi connectivity index (χ4n) is 6.71. The molecule has 4 bridgehead atoms. The van der Waals surface area contributed by atoms with Crippen LogP contribution in [0, 0.1) is 17.8 Å². The fraction of sp³-hybridized carbons (Fsp3) is 0.519. The summed E-state index contributed by atoms with van der Waals surface area (Å²) in [6, 6.07) is 14.1. The van der Waals surface area contributed by atoms with Gasteiger partial charge in [0.1, 0.15) is 11.9 Å². The molecule has 0 aliphatic heterocycles. The molecule has 6 rings (SSSR count). The van der Waals surface area contributed by atoms with Crippen LogP contribution in [0.1, 0.15) is 62.2 Å². The number of rotatable bonds is 7. The van der Waals surface area contributed by atoms with Gasteiger partial charge in [0.25, 0.3) is 0 Å². The van der Waals surface area contributed by atoms with Crippen LogP contribution in [0.5, 0.6) is 5.75 Å². The molecule has 0 aromatic heterocycles. The molecule has 0 radical (unpaired) electrons. The van der Waals surface area contributed by atoms with Gasteiger partial charge in [-0.05, 0) is 86.1 Å². The zero-order chi connectivity index (χ0) is 23.8. The average molecular weight is 473 g/mol. The number of ether oxygens (including phenoxy) is 1. The normalized spacial score (nSPS) is 28.4. The number of urea groups is 1. The van der Waals surface area contributed by atoms with Gasteiger partial charge in [-0.3, -0.25) is 0 Å². The lowest BCUT2D eigenvalue weighted by Gasteiger charge is -2.56. The Kier molecular flexibility index (Phi) is 6.21. The van der Waals surface area contributed by atoms with Gasteiger partial charge in [0.05, 0.1) is 5.56 Å². The zero-order valence-electron chi connectivity index (χ0n) is 19.1. The maximum Gasteiger partial charge on any atom is 0.416 e. The van der Waals surface area contributed by atoms with E-state index in [1.54, 1.807) is 0 Å². The molecule has 34 heavy (non-hydrogen) atoms. The molecule has 4 aliphatic carbocycles. The number of halogens is 3. The molecule has 182 valence electrons. The standard InChI is InChI=1S/C27H31F3N2O2/c28-27(29,30)22-6-8-23(9-7-22)34-24(21-4-2-1-3-5-21)10-11-31-25(33)32-26-15-18-12-19(16-26)14-20(13-18)17-26/h1-9,18-20,24H,10-17H2,(H2,31,32,33). The van der Waals surface area contributed by atoms with E-state index >= 15 is 0 Å². The van der Waals surface area contributed by atoms with Crippen molar-refractivity contribution in [2.24, 2.45) is 17.8 Å². The van der Waals surface area contributed by atoms with Crippen LogP contribution in [0.2, 0.25) is 0 Å². The highest BCUT2D eigenvalue weighted by molar-refractivity contribution is 5.74. The topological polar surface area (TPSA) is 50.4 Å². The van der Waals surface area contributed by atoms with Crippen LogP contribution in [-0.4, -0.2) is 18.1 Å². The second-order valence-electron chi connectivity index (χ2n) is 10.4. The van der Waals surface area contributed by atoms with Gasteiger partial charge in [-0.15, -0.1) is 0 Å². The second kappa shape index (κ2) is 9.16. The van der Waals surface area contributed by atoms with Crippen LogP contribution in [-0.2, 0) is 6.18 Å². The Morgan fingerprint density at radius 2 is 1.53 bits per heavy atom. The quantitative estimate of drug-likeness (QED) is 0.484. The molecule has 4 fully saturated rings. The molecule has 2 amide bonds. The van der Waals surface area contributed by atoms with Crippen molar-refractivity contribution in [2.75, 3.05) is 6.54 Å². The number of hydrogen-bond acceptors (Lipinski definition) is 2. The predicted molar refractivity (Wildman–Crippen MR) is 123 cm³/mol. The highest BCUT2D eigenvalue weighted by atomic mass is 19.4. The van der Waals surface area contributed by atoms with Crippen molar-refractivity contribution in [3.8, 4) is 5.75 Å². The maximum atomic E-state index is 12.9. The Morgan fingerprint density at radius 3 is 2.09 bits per heavy atom. The molecule has 1 unspecified atom stereocenters. The Labute approximate surface area is 198 Å². The largest absolute Gasteiger partial charge is 0.486 e. The summed E-state index contributed by atoms with van der Waals surface area (Å²) in [5.74, 6) is 2.63. The van der Waals surface area contributed by atoms with Gasteiger partial charge in [0, 0.05) is 18.5 Å². The van der Waals surface area contributed by atoms with Gasteiger partial charge in [0.15, 0.2) is 0 Å².